The van der Waals surface area contributed by atoms with E-state index in [0.29, 0.717) is 9.75 Å². The van der Waals surface area contributed by atoms with Gasteiger partial charge in [0.1, 0.15) is 5.82 Å². The van der Waals surface area contributed by atoms with Crippen LogP contribution in [0.1, 0.15) is 17.3 Å². The van der Waals surface area contributed by atoms with E-state index in [4.69, 9.17) is 16.3 Å². The Balaban J connectivity index is 2.13. The summed E-state index contributed by atoms with van der Waals surface area (Å²) in [7, 11) is 1.39. The van der Waals surface area contributed by atoms with Gasteiger partial charge in [0.15, 0.2) is 17.4 Å². The molecule has 2 heterocycles. The lowest BCUT2D eigenvalue weighted by Crippen LogP contribution is -2.34. The molecule has 3 rings (SSSR count). The molecule has 0 radical (unpaired) electrons. The number of ether oxygens (including phenoxy) is 1. The molecule has 0 aliphatic carbocycles. The minimum Gasteiger partial charge on any atom is -0.491 e. The maximum atomic E-state index is 14.3. The maximum absolute atomic E-state index is 14.3. The standard InChI is InChI=1S/C20H19ClFN5O4/c1-11(28)8-24-20(29)14-10-27(30)6-5-16(14)25-19-17(31-2)9-23-18(26-19)13-7-12(21)3-4-15(13)22/h3-7,9-11,28,30H,8H2,1-2H3,(H,24,29)/t11-/m0/s1. The summed E-state index contributed by atoms with van der Waals surface area (Å²) in [5.41, 5.74) is 0.0876. The van der Waals surface area contributed by atoms with E-state index in [1.165, 1.54) is 50.7 Å². The maximum Gasteiger partial charge on any atom is 0.255 e. The molecule has 0 unspecified atom stereocenters. The molecule has 3 N–H and O–H groups in total. The zero-order valence-electron chi connectivity index (χ0n) is 16.6. The summed E-state index contributed by atoms with van der Waals surface area (Å²) >= 11 is 5.96. The Bertz CT molecular complexity index is 1180. The second kappa shape index (κ2) is 9.54. The van der Waals surface area contributed by atoms with Crippen LogP contribution >= 0.6 is 11.6 Å². The number of benzene rings is 1. The molecule has 1 amide bonds. The van der Waals surface area contributed by atoms with Gasteiger partial charge in [0.2, 0.25) is 0 Å². The lowest BCUT2D eigenvalue weighted by atomic mass is 10.2. The second-order valence-corrected chi connectivity index (χ2v) is 6.94. The summed E-state index contributed by atoms with van der Waals surface area (Å²) in [6, 6.07) is 5.37. The average Bonchev–Trinajstić information content (AvgIpc) is 2.74. The highest BCUT2D eigenvalue weighted by atomic mass is 35.5. The highest BCUT2D eigenvalue weighted by molar-refractivity contribution is 6.30. The number of amides is 1. The Morgan fingerprint density at radius 1 is 1.42 bits per heavy atom. The summed E-state index contributed by atoms with van der Waals surface area (Å²) in [6.07, 6.45) is 2.99. The number of aliphatic hydroxyl groups excluding tert-OH is 1. The lowest BCUT2D eigenvalue weighted by Gasteiger charge is -2.09. The largest absolute Gasteiger partial charge is 0.491 e. The van der Waals surface area contributed by atoms with E-state index in [1.54, 1.807) is 0 Å². The number of hydrogen-bond acceptors (Lipinski definition) is 7. The first-order chi connectivity index (χ1) is 14.8. The first-order valence-electron chi connectivity index (χ1n) is 9.07. The molecule has 2 aromatic heterocycles. The Labute approximate surface area is 181 Å². The van der Waals surface area contributed by atoms with Crippen molar-refractivity contribution in [3.05, 3.63) is 64.6 Å². The molecule has 9 nitrogen and oxygen atoms in total. The summed E-state index contributed by atoms with van der Waals surface area (Å²) < 4.78 is 20.2. The van der Waals surface area contributed by atoms with Crippen molar-refractivity contribution in [3.63, 3.8) is 0 Å². The molecule has 3 aromatic rings. The molecule has 0 fully saturated rings. The van der Waals surface area contributed by atoms with Crippen molar-refractivity contribution >= 4 is 23.3 Å². The van der Waals surface area contributed by atoms with Crippen LogP contribution in [0.25, 0.3) is 11.4 Å². The zero-order valence-corrected chi connectivity index (χ0v) is 17.3. The van der Waals surface area contributed by atoms with Crippen molar-refractivity contribution in [1.82, 2.24) is 20.0 Å². The zero-order chi connectivity index (χ0) is 22.5. The van der Waals surface area contributed by atoms with E-state index in [9.17, 15) is 19.5 Å². The third-order valence-electron chi connectivity index (χ3n) is 4.08. The number of aliphatic hydroxyl groups is 1. The van der Waals surface area contributed by atoms with Crippen molar-refractivity contribution < 1.29 is 24.2 Å². The fraction of sp³-hybridized carbons (Fsp3) is 0.200. The molecule has 31 heavy (non-hydrogen) atoms. The number of halogens is 2. The lowest BCUT2D eigenvalue weighted by molar-refractivity contribution is 0.0917. The van der Waals surface area contributed by atoms with Crippen molar-refractivity contribution in [2.24, 2.45) is 4.99 Å². The van der Waals surface area contributed by atoms with Gasteiger partial charge in [-0.05, 0) is 31.2 Å². The van der Waals surface area contributed by atoms with Crippen molar-refractivity contribution in [2.75, 3.05) is 13.7 Å². The topological polar surface area (TPSA) is 122 Å². The van der Waals surface area contributed by atoms with Gasteiger partial charge < -0.3 is 20.4 Å². The molecule has 0 aliphatic heterocycles. The van der Waals surface area contributed by atoms with Gasteiger partial charge >= 0.3 is 0 Å². The molecule has 0 spiro atoms. The van der Waals surface area contributed by atoms with Crippen LogP contribution in [0.5, 0.6) is 5.75 Å². The molecule has 0 saturated carbocycles. The monoisotopic (exact) mass is 447 g/mol. The van der Waals surface area contributed by atoms with Crippen LogP contribution < -0.4 is 15.4 Å². The van der Waals surface area contributed by atoms with Gasteiger partial charge in [0, 0.05) is 17.8 Å². The predicted octanol–water partition coefficient (Wildman–Crippen LogP) is 2.33. The van der Waals surface area contributed by atoms with Crippen LogP contribution in [0.4, 0.5) is 10.2 Å². The van der Waals surface area contributed by atoms with Crippen LogP contribution in [0.2, 0.25) is 5.02 Å². The van der Waals surface area contributed by atoms with E-state index >= 15 is 0 Å². The van der Waals surface area contributed by atoms with E-state index < -0.39 is 17.8 Å². The van der Waals surface area contributed by atoms with Gasteiger partial charge in [0.05, 0.1) is 42.1 Å². The number of pyridine rings is 1. The third kappa shape index (κ3) is 5.36. The Morgan fingerprint density at radius 3 is 2.90 bits per heavy atom. The predicted molar refractivity (Wildman–Crippen MR) is 110 cm³/mol. The van der Waals surface area contributed by atoms with Crippen molar-refractivity contribution in [2.45, 2.75) is 13.0 Å². The molecule has 0 aliphatic rings. The van der Waals surface area contributed by atoms with Gasteiger partial charge in [-0.3, -0.25) is 4.79 Å². The molecule has 11 heteroatoms. The summed E-state index contributed by atoms with van der Waals surface area (Å²) in [5, 5.41) is 22.1. The molecule has 0 bridgehead atoms. The first kappa shape index (κ1) is 22.2. The van der Waals surface area contributed by atoms with Crippen LogP contribution in [0.3, 0.4) is 0 Å². The Hall–Kier alpha value is -3.50. The average molecular weight is 448 g/mol. The number of carbonyl (C=O) groups is 1. The number of rotatable bonds is 6. The summed E-state index contributed by atoms with van der Waals surface area (Å²) in [5.74, 6) is -0.904. The van der Waals surface area contributed by atoms with Gasteiger partial charge in [-0.25, -0.2) is 24.1 Å². The molecular formula is C20H19ClFN5O4. The first-order valence-corrected chi connectivity index (χ1v) is 9.45. The van der Waals surface area contributed by atoms with E-state index in [1.807, 2.05) is 0 Å². The summed E-state index contributed by atoms with van der Waals surface area (Å²) in [6.45, 7) is 1.53. The van der Waals surface area contributed by atoms with Gasteiger partial charge in [-0.2, -0.15) is 0 Å². The van der Waals surface area contributed by atoms with Crippen molar-refractivity contribution in [1.29, 1.82) is 0 Å². The minimum absolute atomic E-state index is 0.00756. The smallest absolute Gasteiger partial charge is 0.255 e. The number of hydrogen-bond donors (Lipinski definition) is 3. The van der Waals surface area contributed by atoms with Gasteiger partial charge in [-0.1, -0.05) is 11.6 Å². The second-order valence-electron chi connectivity index (χ2n) is 6.50. The van der Waals surface area contributed by atoms with E-state index in [0.717, 1.165) is 6.20 Å². The molecule has 1 atom stereocenters. The fourth-order valence-electron chi connectivity index (χ4n) is 2.58. The van der Waals surface area contributed by atoms with E-state index in [2.05, 4.69) is 20.3 Å². The van der Waals surface area contributed by atoms with Gasteiger partial charge in [0.25, 0.3) is 5.91 Å². The number of methoxy groups -OCH3 is 1. The highest BCUT2D eigenvalue weighted by Gasteiger charge is 2.15. The molecule has 162 valence electrons. The fourth-order valence-corrected chi connectivity index (χ4v) is 2.76. The van der Waals surface area contributed by atoms with E-state index in [-0.39, 0.29) is 40.4 Å². The molecule has 0 saturated heterocycles. The summed E-state index contributed by atoms with van der Waals surface area (Å²) in [4.78, 5) is 25.2. The van der Waals surface area contributed by atoms with Crippen LogP contribution in [-0.2, 0) is 0 Å². The number of aromatic nitrogens is 3. The number of nitrogens with zero attached hydrogens (tertiary/aromatic N) is 4. The molecule has 1 aromatic carbocycles. The normalized spacial score (nSPS) is 12.5. The van der Waals surface area contributed by atoms with Crippen LogP contribution in [0, 0.1) is 5.82 Å². The van der Waals surface area contributed by atoms with Gasteiger partial charge in [-0.15, -0.1) is 0 Å². The highest BCUT2D eigenvalue weighted by Crippen LogP contribution is 2.29. The quantitative estimate of drug-likeness (QED) is 0.498. The Kier molecular flexibility index (Phi) is 6.83. The van der Waals surface area contributed by atoms with Crippen LogP contribution in [0.15, 0.2) is 47.8 Å². The number of nitrogens with one attached hydrogen (secondary N) is 1. The SMILES string of the molecule is COc1cnc(-c2cc(Cl)ccc2F)nc1N=c1ccn(O)cc1C(=O)NC[C@H](C)O. The third-order valence-corrected chi connectivity index (χ3v) is 4.31. The van der Waals surface area contributed by atoms with Crippen LogP contribution in [-0.4, -0.2) is 50.7 Å². The molecular weight excluding hydrogens is 429 g/mol. The van der Waals surface area contributed by atoms with Crippen molar-refractivity contribution in [3.8, 4) is 17.1 Å². The number of carbonyl (C=O) groups excluding carboxylic acids is 1. The Morgan fingerprint density at radius 2 is 2.19 bits per heavy atom. The minimum atomic E-state index is -0.758.